The number of halogens is 1. The molecule has 10 heteroatoms. The van der Waals surface area contributed by atoms with Crippen molar-refractivity contribution in [2.75, 3.05) is 11.4 Å². The second kappa shape index (κ2) is 11.9. The predicted molar refractivity (Wildman–Crippen MR) is 179 cm³/mol. The first kappa shape index (κ1) is 31.3. The second-order valence-corrected chi connectivity index (χ2v) is 13.7. The summed E-state index contributed by atoms with van der Waals surface area (Å²) < 4.78 is 6.22. The summed E-state index contributed by atoms with van der Waals surface area (Å²) in [5, 5.41) is 20.0. The summed E-state index contributed by atoms with van der Waals surface area (Å²) >= 11 is 6.36. The molecule has 4 aromatic rings. The number of likely N-dealkylation sites (tertiary alicyclic amines) is 1. The number of phenolic OH excluding ortho intramolecular Hbond substituents is 1. The molecular formula is C39H33ClN2O7. The van der Waals surface area contributed by atoms with Gasteiger partial charge in [-0.05, 0) is 78.8 Å². The number of hydrogen-bond donors (Lipinski definition) is 2. The average molecular weight is 677 g/mol. The van der Waals surface area contributed by atoms with Crippen molar-refractivity contribution in [3.8, 4) is 5.75 Å². The van der Waals surface area contributed by atoms with E-state index in [4.69, 9.17) is 16.0 Å². The van der Waals surface area contributed by atoms with Crippen molar-refractivity contribution in [2.24, 2.45) is 23.7 Å². The molecule has 1 aromatic heterocycles. The minimum atomic E-state index is -1.44. The summed E-state index contributed by atoms with van der Waals surface area (Å²) in [4.78, 5) is 60.6. The van der Waals surface area contributed by atoms with Gasteiger partial charge in [0.15, 0.2) is 0 Å². The van der Waals surface area contributed by atoms with E-state index in [0.717, 1.165) is 11.1 Å². The number of hydrogen-bond acceptors (Lipinski definition) is 7. The number of nitrogens with zero attached hydrogens (tertiary/aromatic N) is 2. The number of aromatic hydroxyl groups is 1. The molecule has 6 atom stereocenters. The van der Waals surface area contributed by atoms with Gasteiger partial charge in [-0.15, -0.1) is 0 Å². The molecular weight excluding hydrogens is 644 g/mol. The molecule has 3 fully saturated rings. The molecule has 2 aliphatic heterocycles. The number of carbonyl (C=O) groups excluding carboxylic acids is 4. The largest absolute Gasteiger partial charge is 0.508 e. The lowest BCUT2D eigenvalue weighted by atomic mass is 9.50. The summed E-state index contributed by atoms with van der Waals surface area (Å²) in [6.07, 6.45) is 2.89. The quantitative estimate of drug-likeness (QED) is 0.194. The van der Waals surface area contributed by atoms with Crippen LogP contribution >= 0.6 is 11.6 Å². The van der Waals surface area contributed by atoms with Gasteiger partial charge in [-0.1, -0.05) is 71.8 Å². The van der Waals surface area contributed by atoms with Gasteiger partial charge in [0.05, 0.1) is 29.4 Å². The van der Waals surface area contributed by atoms with Gasteiger partial charge in [0.1, 0.15) is 29.3 Å². The molecule has 4 aliphatic rings. The van der Waals surface area contributed by atoms with E-state index in [1.807, 2.05) is 36.4 Å². The van der Waals surface area contributed by atoms with E-state index in [9.17, 15) is 24.6 Å². The maximum absolute atomic E-state index is 15.2. The van der Waals surface area contributed by atoms with Gasteiger partial charge < -0.3 is 14.6 Å². The predicted octanol–water partition coefficient (Wildman–Crippen LogP) is 5.54. The molecule has 2 N–H and O–H groups in total. The standard InChI is InChI=1S/C39H33ClN2O7/c40-24-7-4-8-25(19-24)42-36(46)31-20-30-28(14-15-29-33(30)37(47)41(35(29)45)18-17-22-9-11-26(44)12-10-22)34(32-16-13-27(21-43)49-32)39(31,38(42)48)23-5-2-1-3-6-23/h1-14,16,19,29-31,33-34,43-44H,15,17-18,20-21H2. The lowest BCUT2D eigenvalue weighted by Gasteiger charge is -2.49. The third-order valence-electron chi connectivity index (χ3n) is 10.9. The lowest BCUT2D eigenvalue weighted by molar-refractivity contribution is -0.140. The topological polar surface area (TPSA) is 128 Å². The van der Waals surface area contributed by atoms with Crippen LogP contribution in [0.5, 0.6) is 5.75 Å². The molecule has 49 heavy (non-hydrogen) atoms. The first-order valence-electron chi connectivity index (χ1n) is 16.5. The van der Waals surface area contributed by atoms with Crippen LogP contribution in [0.3, 0.4) is 0 Å². The molecule has 8 rings (SSSR count). The van der Waals surface area contributed by atoms with Crippen LogP contribution < -0.4 is 4.90 Å². The smallest absolute Gasteiger partial charge is 0.246 e. The minimum absolute atomic E-state index is 0.136. The van der Waals surface area contributed by atoms with Gasteiger partial charge in [0.25, 0.3) is 0 Å². The maximum Gasteiger partial charge on any atom is 0.246 e. The zero-order valence-electron chi connectivity index (χ0n) is 26.4. The van der Waals surface area contributed by atoms with Crippen LogP contribution in [0, 0.1) is 23.7 Å². The summed E-state index contributed by atoms with van der Waals surface area (Å²) in [5.74, 6) is -4.01. The molecule has 0 spiro atoms. The Labute approximate surface area is 287 Å². The SMILES string of the molecule is O=C1C2CC=C3C(CC4C(=O)N(c5cccc(Cl)c5)C(=O)C4(c4ccccc4)C3c3ccc(CO)o3)C2C(=O)N1CCc1ccc(O)cc1. The van der Waals surface area contributed by atoms with E-state index in [-0.39, 0.29) is 37.1 Å². The van der Waals surface area contributed by atoms with Gasteiger partial charge in [0, 0.05) is 11.6 Å². The van der Waals surface area contributed by atoms with Crippen molar-refractivity contribution in [3.05, 3.63) is 130 Å². The van der Waals surface area contributed by atoms with Crippen molar-refractivity contribution in [2.45, 2.75) is 37.2 Å². The van der Waals surface area contributed by atoms with Gasteiger partial charge in [-0.2, -0.15) is 0 Å². The molecule has 9 nitrogen and oxygen atoms in total. The molecule has 4 amide bonds. The highest BCUT2D eigenvalue weighted by molar-refractivity contribution is 6.32. The number of allylic oxidation sites excluding steroid dienone is 2. The summed E-state index contributed by atoms with van der Waals surface area (Å²) in [7, 11) is 0. The van der Waals surface area contributed by atoms with E-state index in [1.165, 1.54) is 9.80 Å². The Morgan fingerprint density at radius 2 is 1.63 bits per heavy atom. The normalized spacial score (nSPS) is 27.6. The van der Waals surface area contributed by atoms with Crippen LogP contribution in [0.4, 0.5) is 5.69 Å². The fourth-order valence-electron chi connectivity index (χ4n) is 8.88. The van der Waals surface area contributed by atoms with Crippen LogP contribution in [0.25, 0.3) is 0 Å². The number of imide groups is 2. The number of furan rings is 1. The molecule has 1 saturated carbocycles. The van der Waals surface area contributed by atoms with Crippen LogP contribution in [0.1, 0.15) is 41.4 Å². The van der Waals surface area contributed by atoms with Crippen LogP contribution in [-0.2, 0) is 37.6 Å². The van der Waals surface area contributed by atoms with Gasteiger partial charge in [-0.25, -0.2) is 4.90 Å². The Morgan fingerprint density at radius 1 is 0.857 bits per heavy atom. The number of phenols is 1. The third-order valence-corrected chi connectivity index (χ3v) is 11.2. The maximum atomic E-state index is 15.2. The van der Waals surface area contributed by atoms with Crippen molar-refractivity contribution in [3.63, 3.8) is 0 Å². The highest BCUT2D eigenvalue weighted by Crippen LogP contribution is 2.64. The molecule has 0 bridgehead atoms. The second-order valence-electron chi connectivity index (χ2n) is 13.3. The van der Waals surface area contributed by atoms with Crippen molar-refractivity contribution in [1.82, 2.24) is 4.90 Å². The van der Waals surface area contributed by atoms with Crippen molar-refractivity contribution < 1.29 is 33.8 Å². The van der Waals surface area contributed by atoms with Gasteiger partial charge in [-0.3, -0.25) is 24.1 Å². The Bertz CT molecular complexity index is 2020. The van der Waals surface area contributed by atoms with Crippen LogP contribution in [0.2, 0.25) is 5.02 Å². The Morgan fingerprint density at radius 3 is 2.35 bits per heavy atom. The number of amides is 4. The first-order chi connectivity index (χ1) is 23.7. The van der Waals surface area contributed by atoms with E-state index in [2.05, 4.69) is 0 Å². The Hall–Kier alpha value is -4.99. The fourth-order valence-corrected chi connectivity index (χ4v) is 9.06. The van der Waals surface area contributed by atoms with E-state index >= 15 is 4.79 Å². The zero-order valence-corrected chi connectivity index (χ0v) is 27.1. The van der Waals surface area contributed by atoms with Gasteiger partial charge >= 0.3 is 0 Å². The highest BCUT2D eigenvalue weighted by atomic mass is 35.5. The van der Waals surface area contributed by atoms with Gasteiger partial charge in [0.2, 0.25) is 23.6 Å². The molecule has 248 valence electrons. The number of carbonyl (C=O) groups is 4. The molecule has 0 radical (unpaired) electrons. The Balaban J connectivity index is 1.26. The Kier molecular flexibility index (Phi) is 7.57. The zero-order chi connectivity index (χ0) is 34.0. The number of aliphatic hydroxyl groups excluding tert-OH is 1. The molecule has 3 aromatic carbocycles. The molecule has 2 saturated heterocycles. The molecule has 6 unspecified atom stereocenters. The lowest BCUT2D eigenvalue weighted by Crippen LogP contribution is -2.53. The van der Waals surface area contributed by atoms with Crippen molar-refractivity contribution in [1.29, 1.82) is 0 Å². The summed E-state index contributed by atoms with van der Waals surface area (Å²) in [6, 6.07) is 25.9. The molecule has 3 heterocycles. The van der Waals surface area contributed by atoms with E-state index in [1.54, 1.807) is 60.7 Å². The van der Waals surface area contributed by atoms with E-state index in [0.29, 0.717) is 40.6 Å². The monoisotopic (exact) mass is 676 g/mol. The van der Waals surface area contributed by atoms with E-state index < -0.39 is 46.8 Å². The average Bonchev–Trinajstić information content (AvgIpc) is 3.75. The third kappa shape index (κ3) is 4.70. The first-order valence-corrected chi connectivity index (χ1v) is 16.8. The number of benzene rings is 3. The number of aliphatic hydroxyl groups is 1. The van der Waals surface area contributed by atoms with Crippen LogP contribution in [-0.4, -0.2) is 45.3 Å². The summed E-state index contributed by atoms with van der Waals surface area (Å²) in [5.41, 5.74) is 1.22. The van der Waals surface area contributed by atoms with Crippen LogP contribution in [0.15, 0.2) is 107 Å². The summed E-state index contributed by atoms with van der Waals surface area (Å²) in [6.45, 7) is -0.164. The minimum Gasteiger partial charge on any atom is -0.508 e. The number of rotatable bonds is 7. The van der Waals surface area contributed by atoms with Crippen molar-refractivity contribution >= 4 is 40.9 Å². The number of anilines is 1. The highest BCUT2D eigenvalue weighted by Gasteiger charge is 2.70. The fraction of sp³-hybridized carbons (Fsp3) is 0.282. The number of fused-ring (bicyclic) bond motifs is 4. The molecule has 2 aliphatic carbocycles.